The maximum atomic E-state index is 13.3. The number of nitrogens with zero attached hydrogens (tertiary/aromatic N) is 3. The lowest BCUT2D eigenvalue weighted by atomic mass is 10.1. The Labute approximate surface area is 228 Å². The van der Waals surface area contributed by atoms with E-state index in [-0.39, 0.29) is 21.6 Å². The monoisotopic (exact) mass is 634 g/mol. The van der Waals surface area contributed by atoms with Crippen LogP contribution in [-0.2, 0) is 19.2 Å². The minimum Gasteiger partial charge on any atom is -0.297 e. The third kappa shape index (κ3) is 5.37. The van der Waals surface area contributed by atoms with Crippen LogP contribution in [0, 0.1) is 10.5 Å². The summed E-state index contributed by atoms with van der Waals surface area (Å²) in [6, 6.07) is 12.1. The second-order valence-electron chi connectivity index (χ2n) is 7.31. The van der Waals surface area contributed by atoms with Crippen molar-refractivity contribution in [2.24, 2.45) is 10.2 Å². The maximum Gasteiger partial charge on any atom is 0.290 e. The first-order valence-electron chi connectivity index (χ1n) is 10.0. The van der Waals surface area contributed by atoms with E-state index in [4.69, 9.17) is 24.4 Å². The van der Waals surface area contributed by atoms with Gasteiger partial charge in [-0.05, 0) is 95.9 Å². The van der Waals surface area contributed by atoms with E-state index < -0.39 is 35.1 Å². The van der Waals surface area contributed by atoms with Gasteiger partial charge in [-0.15, -0.1) is 0 Å². The van der Waals surface area contributed by atoms with Gasteiger partial charge in [-0.1, -0.05) is 6.07 Å². The van der Waals surface area contributed by atoms with Crippen molar-refractivity contribution in [1.82, 2.24) is 16.0 Å². The Kier molecular flexibility index (Phi) is 7.32. The van der Waals surface area contributed by atoms with Crippen molar-refractivity contribution >= 4 is 109 Å². The molecule has 12 nitrogen and oxygen atoms in total. The molecule has 2 aromatic rings. The van der Waals surface area contributed by atoms with Gasteiger partial charge in [-0.25, -0.2) is 4.90 Å². The van der Waals surface area contributed by atoms with Crippen molar-refractivity contribution in [1.29, 1.82) is 0 Å². The Hall–Kier alpha value is -3.83. The normalized spacial score (nSPS) is 17.0. The maximum absolute atomic E-state index is 13.3. The molecule has 15 heteroatoms. The van der Waals surface area contributed by atoms with Gasteiger partial charge >= 0.3 is 0 Å². The minimum absolute atomic E-state index is 0.134. The number of nitrogens with one attached hydrogen (secondary N) is 5. The van der Waals surface area contributed by atoms with Gasteiger partial charge in [0.2, 0.25) is 11.4 Å². The van der Waals surface area contributed by atoms with Crippen molar-refractivity contribution in [3.8, 4) is 0 Å². The molecule has 5 N–H and O–H groups in total. The van der Waals surface area contributed by atoms with Crippen LogP contribution in [0.15, 0.2) is 52.7 Å². The highest BCUT2D eigenvalue weighted by molar-refractivity contribution is 14.1. The van der Waals surface area contributed by atoms with Crippen LogP contribution in [0.1, 0.15) is 5.56 Å². The molecule has 4 amide bonds. The van der Waals surface area contributed by atoms with E-state index in [1.54, 1.807) is 37.3 Å². The van der Waals surface area contributed by atoms with Gasteiger partial charge in [-0.2, -0.15) is 10.2 Å². The van der Waals surface area contributed by atoms with Crippen molar-refractivity contribution in [2.75, 3.05) is 15.8 Å². The predicted molar refractivity (Wildman–Crippen MR) is 150 cm³/mol. The number of rotatable bonds is 5. The van der Waals surface area contributed by atoms with Gasteiger partial charge in [0, 0.05) is 3.57 Å². The molecular formula is C21H15IN8O4S2. The van der Waals surface area contributed by atoms with Crippen molar-refractivity contribution < 1.29 is 19.2 Å². The molecule has 0 saturated carbocycles. The number of amides is 4. The number of halogens is 1. The molecule has 0 radical (unpaired) electrons. The highest BCUT2D eigenvalue weighted by Crippen LogP contribution is 2.29. The summed E-state index contributed by atoms with van der Waals surface area (Å²) in [5.41, 5.74) is 6.16. The number of hydrogen-bond acceptors (Lipinski definition) is 10. The van der Waals surface area contributed by atoms with Gasteiger partial charge in [0.1, 0.15) is 0 Å². The third-order valence-corrected chi connectivity index (χ3v) is 5.96. The largest absolute Gasteiger partial charge is 0.297 e. The Morgan fingerprint density at radius 2 is 1.44 bits per heavy atom. The number of carbonyl (C=O) groups excluding carboxylic acids is 4. The van der Waals surface area contributed by atoms with E-state index in [1.165, 1.54) is 0 Å². The quantitative estimate of drug-likeness (QED) is 0.186. The van der Waals surface area contributed by atoms with Crippen LogP contribution >= 0.6 is 47.0 Å². The third-order valence-electron chi connectivity index (χ3n) is 4.75. The summed E-state index contributed by atoms with van der Waals surface area (Å²) in [7, 11) is 0. The molecule has 0 atom stereocenters. The Bertz CT molecular complexity index is 1390. The lowest BCUT2D eigenvalue weighted by molar-refractivity contribution is -0.119. The second-order valence-corrected chi connectivity index (χ2v) is 9.35. The highest BCUT2D eigenvalue weighted by Gasteiger charge is 2.37. The summed E-state index contributed by atoms with van der Waals surface area (Å²) < 4.78 is 1.00. The van der Waals surface area contributed by atoms with Crippen molar-refractivity contribution in [2.45, 2.75) is 6.92 Å². The first-order valence-corrected chi connectivity index (χ1v) is 11.9. The predicted octanol–water partition coefficient (Wildman–Crippen LogP) is 1.11. The lowest BCUT2D eigenvalue weighted by Crippen LogP contribution is -2.59. The van der Waals surface area contributed by atoms with E-state index in [2.05, 4.69) is 59.6 Å². The smallest absolute Gasteiger partial charge is 0.290 e. The number of benzene rings is 2. The summed E-state index contributed by atoms with van der Waals surface area (Å²) in [4.78, 5) is 51.1. The topological polar surface area (TPSA) is 156 Å². The molecule has 2 aliphatic rings. The zero-order valence-electron chi connectivity index (χ0n) is 18.2. The Morgan fingerprint density at radius 3 is 2.11 bits per heavy atom. The molecule has 0 aromatic heterocycles. The van der Waals surface area contributed by atoms with Crippen LogP contribution in [0.4, 0.5) is 17.1 Å². The molecular weight excluding hydrogens is 619 g/mol. The zero-order valence-corrected chi connectivity index (χ0v) is 22.0. The molecule has 2 saturated heterocycles. The van der Waals surface area contributed by atoms with E-state index in [0.29, 0.717) is 5.69 Å². The number of hydrazone groups is 2. The fourth-order valence-corrected chi connectivity index (χ4v) is 3.89. The molecule has 2 aromatic carbocycles. The number of carbonyl (C=O) groups is 4. The zero-order chi connectivity index (χ0) is 26.0. The first kappa shape index (κ1) is 25.3. The van der Waals surface area contributed by atoms with Crippen molar-refractivity contribution in [3.05, 3.63) is 51.6 Å². The highest BCUT2D eigenvalue weighted by atomic mass is 127. The Morgan fingerprint density at radius 1 is 0.833 bits per heavy atom. The van der Waals surface area contributed by atoms with Crippen molar-refractivity contribution in [3.63, 3.8) is 0 Å². The lowest BCUT2D eigenvalue weighted by Gasteiger charge is -2.29. The number of aryl methyl sites for hydroxylation is 1. The van der Waals surface area contributed by atoms with Crippen LogP contribution < -0.4 is 31.7 Å². The van der Waals surface area contributed by atoms with Gasteiger partial charge in [0.15, 0.2) is 10.2 Å². The summed E-state index contributed by atoms with van der Waals surface area (Å²) in [6.45, 7) is 1.78. The summed E-state index contributed by atoms with van der Waals surface area (Å²) >= 11 is 12.2. The molecule has 0 aliphatic carbocycles. The van der Waals surface area contributed by atoms with Crippen LogP contribution in [0.25, 0.3) is 0 Å². The summed E-state index contributed by atoms with van der Waals surface area (Å²) in [6.07, 6.45) is 0. The standard InChI is InChI=1S/C21H15IN8O4S2/c1-9-2-7-12(27-28-14-16(31)23-20(35)24-17(14)32)13(8-9)30-19(34)15(18(33)25-21(30)36)29-26-11-5-3-10(22)4-6-11/h2-8,26-27H,1H3,(H,25,33,36)(H2,23,24,31,32,35)/b29-15-. The van der Waals surface area contributed by atoms with Gasteiger partial charge in [0.25, 0.3) is 23.6 Å². The molecule has 2 fully saturated rings. The molecule has 4 rings (SSSR count). The summed E-state index contributed by atoms with van der Waals surface area (Å²) in [5.74, 6) is -3.15. The van der Waals surface area contributed by atoms with E-state index in [9.17, 15) is 19.2 Å². The fraction of sp³-hybridized carbons (Fsp3) is 0.0476. The number of anilines is 3. The average molecular weight is 634 g/mol. The summed E-state index contributed by atoms with van der Waals surface area (Å²) in [5, 5.41) is 14.5. The Balaban J connectivity index is 1.66. The van der Waals surface area contributed by atoms with E-state index in [1.807, 2.05) is 12.1 Å². The average Bonchev–Trinajstić information content (AvgIpc) is 2.80. The van der Waals surface area contributed by atoms with Crippen LogP contribution in [0.2, 0.25) is 0 Å². The minimum atomic E-state index is -0.794. The number of thiocarbonyl (C=S) groups is 2. The molecule has 2 heterocycles. The molecule has 0 unspecified atom stereocenters. The van der Waals surface area contributed by atoms with Crippen LogP contribution in [0.5, 0.6) is 0 Å². The van der Waals surface area contributed by atoms with Gasteiger partial charge < -0.3 is 0 Å². The van der Waals surface area contributed by atoms with E-state index >= 15 is 0 Å². The first-order chi connectivity index (χ1) is 17.1. The molecule has 0 spiro atoms. The second kappa shape index (κ2) is 10.4. The SMILES string of the molecule is Cc1ccc(NN=C2C(=O)NC(=S)NC2=O)c(N2C(=O)/C(=N\Nc3ccc(I)cc3)C(=O)NC2=S)c1. The number of hydrogen-bond donors (Lipinski definition) is 5. The molecule has 182 valence electrons. The fourth-order valence-electron chi connectivity index (χ4n) is 3.07. The van der Waals surface area contributed by atoms with Gasteiger partial charge in [0.05, 0.1) is 17.1 Å². The molecule has 36 heavy (non-hydrogen) atoms. The van der Waals surface area contributed by atoms with Crippen LogP contribution in [0.3, 0.4) is 0 Å². The molecule has 2 aliphatic heterocycles. The van der Waals surface area contributed by atoms with Gasteiger partial charge in [-0.3, -0.25) is 46.0 Å². The van der Waals surface area contributed by atoms with E-state index in [0.717, 1.165) is 14.0 Å². The van der Waals surface area contributed by atoms with Crippen LogP contribution in [-0.4, -0.2) is 45.3 Å². The molecule has 0 bridgehead atoms.